The number of aryl methyl sites for hydroxylation is 1. The molecule has 0 bridgehead atoms. The minimum absolute atomic E-state index is 0.00295. The second-order valence-electron chi connectivity index (χ2n) is 8.04. The van der Waals surface area contributed by atoms with Crippen LogP contribution in [-0.4, -0.2) is 53.7 Å². The van der Waals surface area contributed by atoms with Crippen LogP contribution >= 0.6 is 0 Å². The van der Waals surface area contributed by atoms with Gasteiger partial charge in [0.25, 0.3) is 0 Å². The number of aromatic nitrogens is 3. The van der Waals surface area contributed by atoms with Gasteiger partial charge in [-0.2, -0.15) is 13.2 Å². The predicted molar refractivity (Wildman–Crippen MR) is 129 cm³/mol. The maximum Gasteiger partial charge on any atom is 0.416 e. The molecule has 3 rings (SSSR count). The van der Waals surface area contributed by atoms with Crippen LogP contribution in [0.15, 0.2) is 36.7 Å². The first-order chi connectivity index (χ1) is 17.0. The molecule has 0 spiro atoms. The Bertz CT molecular complexity index is 1230. The van der Waals surface area contributed by atoms with Crippen LogP contribution in [0.4, 0.5) is 29.3 Å². The van der Waals surface area contributed by atoms with Crippen molar-refractivity contribution < 1.29 is 27.4 Å². The molecule has 1 aromatic carbocycles. The van der Waals surface area contributed by atoms with Crippen LogP contribution in [0.5, 0.6) is 11.6 Å². The fourth-order valence-corrected chi connectivity index (χ4v) is 3.37. The van der Waals surface area contributed by atoms with Crippen LogP contribution in [0.25, 0.3) is 11.4 Å². The molecule has 9 nitrogen and oxygen atoms in total. The van der Waals surface area contributed by atoms with Crippen molar-refractivity contribution in [3.63, 3.8) is 0 Å². The average Bonchev–Trinajstić information content (AvgIpc) is 2.80. The molecule has 3 aromatic rings. The van der Waals surface area contributed by atoms with E-state index in [-0.39, 0.29) is 23.5 Å². The Balaban J connectivity index is 1.78. The van der Waals surface area contributed by atoms with Gasteiger partial charge >= 0.3 is 12.2 Å². The van der Waals surface area contributed by atoms with Gasteiger partial charge in [0.2, 0.25) is 5.88 Å². The number of anilines is 2. The number of carbonyl (C=O) groups excluding carboxylic acids is 1. The summed E-state index contributed by atoms with van der Waals surface area (Å²) in [5.41, 5.74) is 0.563. The number of nitrogens with zero attached hydrogens (tertiary/aromatic N) is 4. The van der Waals surface area contributed by atoms with Gasteiger partial charge in [-0.25, -0.2) is 19.7 Å². The van der Waals surface area contributed by atoms with E-state index in [1.54, 1.807) is 32.0 Å². The summed E-state index contributed by atoms with van der Waals surface area (Å²) >= 11 is 0. The summed E-state index contributed by atoms with van der Waals surface area (Å²) < 4.78 is 51.3. The standard InChI is InChI=1S/C24H27F3N6O3/c1-6-36-20-10-21(35-5)28-11-17(20)22-29-12-19(14(2)30-22)32-23(34)31-16-8-7-15(13-33(3)4)18(9-16)24(25,26)27/h7-12H,6,13H2,1-5H3,(H2,31,32,34). The number of pyridine rings is 1. The Labute approximate surface area is 206 Å². The highest BCUT2D eigenvalue weighted by molar-refractivity contribution is 6.00. The van der Waals surface area contributed by atoms with E-state index >= 15 is 0 Å². The molecule has 0 saturated heterocycles. The molecule has 2 N–H and O–H groups in total. The molecule has 0 unspecified atom stereocenters. The lowest BCUT2D eigenvalue weighted by molar-refractivity contribution is -0.138. The number of alkyl halides is 3. The smallest absolute Gasteiger partial charge is 0.416 e. The molecule has 0 radical (unpaired) electrons. The molecule has 2 amide bonds. The van der Waals surface area contributed by atoms with Crippen LogP contribution in [0.1, 0.15) is 23.7 Å². The van der Waals surface area contributed by atoms with E-state index in [0.29, 0.717) is 35.3 Å². The fraction of sp³-hybridized carbons (Fsp3) is 0.333. The Morgan fingerprint density at radius 3 is 2.47 bits per heavy atom. The summed E-state index contributed by atoms with van der Waals surface area (Å²) in [6, 6.07) is 4.57. The molecule has 36 heavy (non-hydrogen) atoms. The van der Waals surface area contributed by atoms with Crippen LogP contribution in [0.3, 0.4) is 0 Å². The van der Waals surface area contributed by atoms with Gasteiger partial charge in [-0.3, -0.25) is 0 Å². The van der Waals surface area contributed by atoms with Gasteiger partial charge in [-0.1, -0.05) is 6.07 Å². The van der Waals surface area contributed by atoms with E-state index in [4.69, 9.17) is 9.47 Å². The van der Waals surface area contributed by atoms with Crippen molar-refractivity contribution >= 4 is 17.4 Å². The summed E-state index contributed by atoms with van der Waals surface area (Å²) in [6.07, 6.45) is -1.63. The number of urea groups is 1. The van der Waals surface area contributed by atoms with Gasteiger partial charge in [0, 0.05) is 24.5 Å². The number of rotatable bonds is 8. The van der Waals surface area contributed by atoms with Crippen LogP contribution < -0.4 is 20.1 Å². The van der Waals surface area contributed by atoms with Gasteiger partial charge < -0.3 is 25.0 Å². The highest BCUT2D eigenvalue weighted by Crippen LogP contribution is 2.34. The number of nitrogens with one attached hydrogen (secondary N) is 2. The maximum atomic E-state index is 13.5. The molecule has 12 heteroatoms. The fourth-order valence-electron chi connectivity index (χ4n) is 3.37. The lowest BCUT2D eigenvalue weighted by Gasteiger charge is -2.18. The summed E-state index contributed by atoms with van der Waals surface area (Å²) in [7, 11) is 4.85. The second-order valence-corrected chi connectivity index (χ2v) is 8.04. The highest BCUT2D eigenvalue weighted by atomic mass is 19.4. The van der Waals surface area contributed by atoms with Crippen molar-refractivity contribution in [2.75, 3.05) is 38.4 Å². The number of ether oxygens (including phenoxy) is 2. The normalized spacial score (nSPS) is 11.4. The second kappa shape index (κ2) is 11.2. The van der Waals surface area contributed by atoms with E-state index in [1.165, 1.54) is 31.6 Å². The Morgan fingerprint density at radius 1 is 1.11 bits per heavy atom. The quantitative estimate of drug-likeness (QED) is 0.446. The predicted octanol–water partition coefficient (Wildman–Crippen LogP) is 4.98. The molecule has 0 fully saturated rings. The zero-order chi connectivity index (χ0) is 26.5. The largest absolute Gasteiger partial charge is 0.493 e. The molecular weight excluding hydrogens is 477 g/mol. The molecule has 0 aliphatic rings. The number of amides is 2. The van der Waals surface area contributed by atoms with Crippen LogP contribution in [0, 0.1) is 6.92 Å². The van der Waals surface area contributed by atoms with Crippen molar-refractivity contribution in [2.45, 2.75) is 26.6 Å². The summed E-state index contributed by atoms with van der Waals surface area (Å²) in [5.74, 6) is 1.18. The number of carbonyl (C=O) groups is 1. The van der Waals surface area contributed by atoms with Gasteiger partial charge in [-0.15, -0.1) is 0 Å². The third-order valence-electron chi connectivity index (χ3n) is 4.98. The third-order valence-corrected chi connectivity index (χ3v) is 4.98. The van der Waals surface area contributed by atoms with Crippen molar-refractivity contribution in [1.82, 2.24) is 19.9 Å². The SMILES string of the molecule is CCOc1cc(OC)ncc1-c1ncc(NC(=O)Nc2ccc(CN(C)C)c(C(F)(F)F)c2)c(C)n1. The lowest BCUT2D eigenvalue weighted by Crippen LogP contribution is -2.22. The van der Waals surface area contributed by atoms with E-state index in [2.05, 4.69) is 25.6 Å². The summed E-state index contributed by atoms with van der Waals surface area (Å²) in [4.78, 5) is 27.0. The van der Waals surface area contributed by atoms with Gasteiger partial charge in [0.05, 0.1) is 42.4 Å². The molecule has 2 heterocycles. The molecule has 0 atom stereocenters. The highest BCUT2D eigenvalue weighted by Gasteiger charge is 2.33. The van der Waals surface area contributed by atoms with Crippen LogP contribution in [0.2, 0.25) is 0 Å². The van der Waals surface area contributed by atoms with Gasteiger partial charge in [-0.05, 0) is 45.6 Å². The minimum atomic E-state index is -4.56. The first kappa shape index (κ1) is 26.7. The molecule has 0 aliphatic carbocycles. The summed E-state index contributed by atoms with van der Waals surface area (Å²) in [5, 5.41) is 5.00. The molecule has 0 saturated carbocycles. The molecule has 192 valence electrons. The van der Waals surface area contributed by atoms with Gasteiger partial charge in [0.15, 0.2) is 5.82 Å². The summed E-state index contributed by atoms with van der Waals surface area (Å²) in [6.45, 7) is 4.02. The molecular formula is C24H27F3N6O3. The monoisotopic (exact) mass is 504 g/mol. The van der Waals surface area contributed by atoms with Crippen molar-refractivity contribution in [3.05, 3.63) is 53.5 Å². The zero-order valence-electron chi connectivity index (χ0n) is 20.5. The van der Waals surface area contributed by atoms with E-state index in [1.807, 2.05) is 6.92 Å². The maximum absolute atomic E-state index is 13.5. The Morgan fingerprint density at radius 2 is 1.86 bits per heavy atom. The minimum Gasteiger partial charge on any atom is -0.493 e. The third kappa shape index (κ3) is 6.60. The van der Waals surface area contributed by atoms with Crippen molar-refractivity contribution in [3.8, 4) is 23.0 Å². The van der Waals surface area contributed by atoms with Crippen LogP contribution in [-0.2, 0) is 12.7 Å². The Hall–Kier alpha value is -3.93. The van der Waals surface area contributed by atoms with E-state index < -0.39 is 17.8 Å². The Kier molecular flexibility index (Phi) is 8.30. The lowest BCUT2D eigenvalue weighted by atomic mass is 10.1. The van der Waals surface area contributed by atoms with Crippen molar-refractivity contribution in [1.29, 1.82) is 0 Å². The number of benzene rings is 1. The van der Waals surface area contributed by atoms with E-state index in [0.717, 1.165) is 6.07 Å². The first-order valence-electron chi connectivity index (χ1n) is 11.0. The number of halogens is 3. The van der Waals surface area contributed by atoms with Crippen molar-refractivity contribution in [2.24, 2.45) is 0 Å². The number of methoxy groups -OCH3 is 1. The zero-order valence-corrected chi connectivity index (χ0v) is 20.5. The van der Waals surface area contributed by atoms with E-state index in [9.17, 15) is 18.0 Å². The topological polar surface area (TPSA) is 102 Å². The molecule has 2 aromatic heterocycles. The first-order valence-corrected chi connectivity index (χ1v) is 11.0. The average molecular weight is 505 g/mol. The molecule has 0 aliphatic heterocycles. The number of hydrogen-bond donors (Lipinski definition) is 2. The number of hydrogen-bond acceptors (Lipinski definition) is 7. The van der Waals surface area contributed by atoms with Gasteiger partial charge in [0.1, 0.15) is 5.75 Å².